The van der Waals surface area contributed by atoms with E-state index in [2.05, 4.69) is 0 Å². The molecular weight excluding hydrogens is 292 g/mol. The molecule has 0 bridgehead atoms. The molecule has 0 aliphatic heterocycles. The molecule has 8 heteroatoms. The Morgan fingerprint density at radius 2 is 1.58 bits per heavy atom. The minimum atomic E-state index is -3.32. The second-order valence-electron chi connectivity index (χ2n) is 4.40. The van der Waals surface area contributed by atoms with Crippen molar-refractivity contribution in [3.05, 3.63) is 0 Å². The molecule has 0 unspecified atom stereocenters. The van der Waals surface area contributed by atoms with E-state index in [1.807, 2.05) is 0 Å². The summed E-state index contributed by atoms with van der Waals surface area (Å²) in [4.78, 5) is 11.0. The molecule has 114 valence electrons. The van der Waals surface area contributed by atoms with Gasteiger partial charge in [-0.2, -0.15) is 0 Å². The van der Waals surface area contributed by atoms with Crippen LogP contribution < -0.4 is 0 Å². The highest BCUT2D eigenvalue weighted by atomic mass is 32.2. The fourth-order valence-electron chi connectivity index (χ4n) is 1.38. The van der Waals surface area contributed by atoms with Crippen molar-refractivity contribution in [2.45, 2.75) is 32.6 Å². The van der Waals surface area contributed by atoms with E-state index in [0.717, 1.165) is 6.26 Å². The molecule has 0 aromatic carbocycles. The summed E-state index contributed by atoms with van der Waals surface area (Å²) >= 11 is 0. The van der Waals surface area contributed by atoms with E-state index >= 15 is 0 Å². The number of rotatable bonds is 10. The van der Waals surface area contributed by atoms with Crippen LogP contribution in [-0.2, 0) is 29.2 Å². The Labute approximate surface area is 115 Å². The van der Waals surface area contributed by atoms with Crippen LogP contribution in [0, 0.1) is 0 Å². The van der Waals surface area contributed by atoms with Gasteiger partial charge in [-0.05, 0) is 19.8 Å². The zero-order valence-electron chi connectivity index (χ0n) is 11.4. The molecule has 0 radical (unpaired) electrons. The van der Waals surface area contributed by atoms with Crippen LogP contribution in [0.3, 0.4) is 0 Å². The molecule has 0 atom stereocenters. The molecular formula is C11H22O6S2. The van der Waals surface area contributed by atoms with Crippen molar-refractivity contribution < 1.29 is 26.4 Å². The van der Waals surface area contributed by atoms with Crippen LogP contribution in [-0.4, -0.2) is 52.9 Å². The molecule has 0 amide bonds. The van der Waals surface area contributed by atoms with Crippen LogP contribution in [0.1, 0.15) is 32.6 Å². The first-order valence-electron chi connectivity index (χ1n) is 6.20. The molecule has 0 aliphatic carbocycles. The summed E-state index contributed by atoms with van der Waals surface area (Å²) in [6.07, 6.45) is 2.93. The summed E-state index contributed by atoms with van der Waals surface area (Å²) in [5.41, 5.74) is 0. The first-order valence-corrected chi connectivity index (χ1v) is 10.1. The van der Waals surface area contributed by atoms with Gasteiger partial charge in [-0.3, -0.25) is 4.79 Å². The van der Waals surface area contributed by atoms with Crippen LogP contribution in [0.15, 0.2) is 0 Å². The second-order valence-corrected chi connectivity index (χ2v) is 8.96. The van der Waals surface area contributed by atoms with E-state index in [1.165, 1.54) is 0 Å². The summed E-state index contributed by atoms with van der Waals surface area (Å²) in [5.74, 6) is -0.977. The maximum atomic E-state index is 11.5. The maximum Gasteiger partial charge on any atom is 0.305 e. The zero-order chi connectivity index (χ0) is 14.9. The smallest absolute Gasteiger partial charge is 0.305 e. The van der Waals surface area contributed by atoms with Gasteiger partial charge in [0.15, 0.2) is 9.84 Å². The lowest BCUT2D eigenvalue weighted by atomic mass is 10.2. The quantitative estimate of drug-likeness (QED) is 0.432. The third-order valence-electron chi connectivity index (χ3n) is 2.41. The van der Waals surface area contributed by atoms with Crippen LogP contribution in [0.4, 0.5) is 0 Å². The Kier molecular flexibility index (Phi) is 8.24. The lowest BCUT2D eigenvalue weighted by Gasteiger charge is -2.04. The lowest BCUT2D eigenvalue weighted by molar-refractivity contribution is -0.143. The summed E-state index contributed by atoms with van der Waals surface area (Å²) in [5, 5.41) is 0. The SMILES string of the molecule is CCOC(=O)CCCCCS(=O)(=O)CCS(C)(=O)=O. The normalized spacial score (nSPS) is 12.3. The van der Waals surface area contributed by atoms with Crippen molar-refractivity contribution in [1.82, 2.24) is 0 Å². The van der Waals surface area contributed by atoms with Crippen molar-refractivity contribution in [2.75, 3.05) is 30.1 Å². The third kappa shape index (κ3) is 12.2. The van der Waals surface area contributed by atoms with Gasteiger partial charge in [0.2, 0.25) is 0 Å². The summed E-state index contributed by atoms with van der Waals surface area (Å²) in [6, 6.07) is 0. The van der Waals surface area contributed by atoms with Gasteiger partial charge in [-0.25, -0.2) is 16.8 Å². The molecule has 0 aromatic rings. The van der Waals surface area contributed by atoms with Gasteiger partial charge >= 0.3 is 5.97 Å². The monoisotopic (exact) mass is 314 g/mol. The van der Waals surface area contributed by atoms with Crippen LogP contribution in [0.2, 0.25) is 0 Å². The first-order chi connectivity index (χ1) is 8.66. The van der Waals surface area contributed by atoms with Crippen molar-refractivity contribution in [2.24, 2.45) is 0 Å². The Morgan fingerprint density at radius 3 is 2.11 bits per heavy atom. The molecule has 0 aromatic heterocycles. The molecule has 0 rings (SSSR count). The molecule has 0 heterocycles. The van der Waals surface area contributed by atoms with Crippen molar-refractivity contribution >= 4 is 25.6 Å². The topological polar surface area (TPSA) is 94.6 Å². The fourth-order valence-corrected chi connectivity index (χ4v) is 4.46. The van der Waals surface area contributed by atoms with Gasteiger partial charge in [0.1, 0.15) is 9.84 Å². The minimum Gasteiger partial charge on any atom is -0.466 e. The third-order valence-corrected chi connectivity index (χ3v) is 5.35. The number of hydrogen-bond donors (Lipinski definition) is 0. The summed E-state index contributed by atoms with van der Waals surface area (Å²) < 4.78 is 49.5. The van der Waals surface area contributed by atoms with Crippen LogP contribution in [0.25, 0.3) is 0 Å². The van der Waals surface area contributed by atoms with Gasteiger partial charge < -0.3 is 4.74 Å². The Bertz CT molecular complexity index is 463. The van der Waals surface area contributed by atoms with Gasteiger partial charge in [-0.1, -0.05) is 6.42 Å². The largest absolute Gasteiger partial charge is 0.466 e. The van der Waals surface area contributed by atoms with E-state index in [-0.39, 0.29) is 29.6 Å². The molecule has 0 saturated heterocycles. The summed E-state index contributed by atoms with van der Waals surface area (Å²) in [6.45, 7) is 2.07. The summed E-state index contributed by atoms with van der Waals surface area (Å²) in [7, 11) is -6.57. The maximum absolute atomic E-state index is 11.5. The average Bonchev–Trinajstić information content (AvgIpc) is 2.25. The average molecular weight is 314 g/mol. The number of hydrogen-bond acceptors (Lipinski definition) is 6. The number of sulfone groups is 2. The predicted octanol–water partition coefficient (Wildman–Crippen LogP) is 0.569. The van der Waals surface area contributed by atoms with Crippen molar-refractivity contribution in [3.8, 4) is 0 Å². The molecule has 0 spiro atoms. The highest BCUT2D eigenvalue weighted by molar-refractivity contribution is 7.94. The number of esters is 1. The first kappa shape index (κ1) is 18.4. The lowest BCUT2D eigenvalue weighted by Crippen LogP contribution is -2.18. The predicted molar refractivity (Wildman–Crippen MR) is 73.5 cm³/mol. The Morgan fingerprint density at radius 1 is 0.947 bits per heavy atom. The van der Waals surface area contributed by atoms with E-state index in [9.17, 15) is 21.6 Å². The molecule has 0 fully saturated rings. The second kappa shape index (κ2) is 8.52. The van der Waals surface area contributed by atoms with Gasteiger partial charge in [0.05, 0.1) is 23.9 Å². The molecule has 0 saturated carbocycles. The zero-order valence-corrected chi connectivity index (χ0v) is 13.1. The highest BCUT2D eigenvalue weighted by Gasteiger charge is 2.14. The highest BCUT2D eigenvalue weighted by Crippen LogP contribution is 2.05. The molecule has 0 aliphatic rings. The van der Waals surface area contributed by atoms with Gasteiger partial charge in [0, 0.05) is 12.7 Å². The van der Waals surface area contributed by atoms with Crippen molar-refractivity contribution in [3.63, 3.8) is 0 Å². The van der Waals surface area contributed by atoms with Gasteiger partial charge in [-0.15, -0.1) is 0 Å². The van der Waals surface area contributed by atoms with E-state index < -0.39 is 19.7 Å². The van der Waals surface area contributed by atoms with E-state index in [4.69, 9.17) is 4.74 Å². The van der Waals surface area contributed by atoms with E-state index in [0.29, 0.717) is 25.9 Å². The number of carbonyl (C=O) groups excluding carboxylic acids is 1. The van der Waals surface area contributed by atoms with Gasteiger partial charge in [0.25, 0.3) is 0 Å². The van der Waals surface area contributed by atoms with E-state index in [1.54, 1.807) is 6.92 Å². The number of unbranched alkanes of at least 4 members (excludes halogenated alkanes) is 2. The van der Waals surface area contributed by atoms with Crippen molar-refractivity contribution in [1.29, 1.82) is 0 Å². The molecule has 0 N–H and O–H groups in total. The fraction of sp³-hybridized carbons (Fsp3) is 0.909. The molecule has 19 heavy (non-hydrogen) atoms. The Balaban J connectivity index is 3.79. The number of carbonyl (C=O) groups is 1. The Hall–Kier alpha value is -0.630. The number of ether oxygens (including phenoxy) is 1. The minimum absolute atomic E-state index is 0.0364. The van der Waals surface area contributed by atoms with Crippen LogP contribution >= 0.6 is 0 Å². The standard InChI is InChI=1S/C11H22O6S2/c1-3-17-11(12)7-5-4-6-8-19(15,16)10-9-18(2,13)14/h3-10H2,1-2H3. The van der Waals surface area contributed by atoms with Crippen LogP contribution in [0.5, 0.6) is 0 Å². The molecule has 6 nitrogen and oxygen atoms in total.